The van der Waals surface area contributed by atoms with Crippen molar-refractivity contribution in [2.45, 2.75) is 19.9 Å². The number of aryl methyl sites for hydroxylation is 1. The standard InChI is InChI=1S/C18H23N5O2S.HI/c1-10-13(26-9-22-10)8-21-18(19-2)20-5-6-23-16(24)14-11-3-4-12(7-11)15(14)17(23)25;/h3-4,9,11-12,14-15H,5-8H2,1-2H3,(H2,19,20,21);1H. The minimum Gasteiger partial charge on any atom is -0.355 e. The zero-order chi connectivity index (χ0) is 18.3. The van der Waals surface area contributed by atoms with Crippen LogP contribution < -0.4 is 10.6 Å². The molecule has 2 N–H and O–H groups in total. The molecule has 146 valence electrons. The first-order valence-corrected chi connectivity index (χ1v) is 9.85. The number of nitrogens with one attached hydrogen (secondary N) is 2. The number of aliphatic imine (C=N–C) groups is 1. The van der Waals surface area contributed by atoms with Crippen LogP contribution in [0.1, 0.15) is 17.0 Å². The molecule has 2 aliphatic carbocycles. The Balaban J connectivity index is 0.00000210. The van der Waals surface area contributed by atoms with Gasteiger partial charge in [-0.25, -0.2) is 4.98 Å². The second-order valence-corrected chi connectivity index (χ2v) is 7.98. The first-order valence-electron chi connectivity index (χ1n) is 8.97. The van der Waals surface area contributed by atoms with Crippen LogP contribution in [-0.2, 0) is 16.1 Å². The number of imide groups is 1. The quantitative estimate of drug-likeness (QED) is 0.210. The van der Waals surface area contributed by atoms with Crippen molar-refractivity contribution in [1.29, 1.82) is 0 Å². The number of nitrogens with zero attached hydrogens (tertiary/aromatic N) is 3. The zero-order valence-corrected chi connectivity index (χ0v) is 18.5. The van der Waals surface area contributed by atoms with E-state index in [-0.39, 0.29) is 59.5 Å². The van der Waals surface area contributed by atoms with Crippen molar-refractivity contribution in [2.24, 2.45) is 28.7 Å². The van der Waals surface area contributed by atoms with Crippen molar-refractivity contribution < 1.29 is 9.59 Å². The molecule has 2 fully saturated rings. The van der Waals surface area contributed by atoms with E-state index in [0.29, 0.717) is 25.6 Å². The fourth-order valence-corrected chi connectivity index (χ4v) is 5.07. The molecule has 9 heteroatoms. The SMILES string of the molecule is CN=C(NCCN1C(=O)C2C3C=CC(C3)C2C1=O)NCc1scnc1C.I. The Kier molecular flexibility index (Phi) is 6.19. The van der Waals surface area contributed by atoms with E-state index in [9.17, 15) is 9.59 Å². The fourth-order valence-electron chi connectivity index (χ4n) is 4.35. The van der Waals surface area contributed by atoms with Gasteiger partial charge in [0.15, 0.2) is 5.96 Å². The molecule has 4 atom stereocenters. The molecule has 1 saturated heterocycles. The van der Waals surface area contributed by atoms with Gasteiger partial charge in [0.1, 0.15) is 0 Å². The van der Waals surface area contributed by atoms with E-state index in [2.05, 4.69) is 32.8 Å². The molecule has 1 aromatic rings. The molecule has 1 saturated carbocycles. The lowest BCUT2D eigenvalue weighted by Crippen LogP contribution is -2.43. The molecular formula is C18H24IN5O2S. The number of allylic oxidation sites excluding steroid dienone is 2. The van der Waals surface area contributed by atoms with Crippen molar-refractivity contribution in [3.8, 4) is 0 Å². The van der Waals surface area contributed by atoms with Crippen molar-refractivity contribution in [2.75, 3.05) is 20.1 Å². The Morgan fingerprint density at radius 1 is 1.26 bits per heavy atom. The van der Waals surface area contributed by atoms with Crippen LogP contribution in [-0.4, -0.2) is 47.8 Å². The number of guanidine groups is 1. The summed E-state index contributed by atoms with van der Waals surface area (Å²) in [6.07, 6.45) is 5.20. The normalized spacial score (nSPS) is 28.5. The number of halogens is 1. The number of amides is 2. The number of carbonyl (C=O) groups is 2. The van der Waals surface area contributed by atoms with Crippen molar-refractivity contribution in [1.82, 2.24) is 20.5 Å². The number of hydrogen-bond acceptors (Lipinski definition) is 5. The topological polar surface area (TPSA) is 86.7 Å². The largest absolute Gasteiger partial charge is 0.355 e. The molecule has 2 heterocycles. The third kappa shape index (κ3) is 3.63. The third-order valence-corrected chi connectivity index (χ3v) is 6.61. The summed E-state index contributed by atoms with van der Waals surface area (Å²) in [4.78, 5) is 36.3. The Hall–Kier alpha value is -1.49. The van der Waals surface area contributed by atoms with E-state index in [4.69, 9.17) is 0 Å². The zero-order valence-electron chi connectivity index (χ0n) is 15.3. The molecule has 2 amide bonds. The molecule has 4 unspecified atom stereocenters. The van der Waals surface area contributed by atoms with Crippen LogP contribution >= 0.6 is 35.3 Å². The van der Waals surface area contributed by atoms with Gasteiger partial charge in [-0.05, 0) is 25.2 Å². The van der Waals surface area contributed by atoms with Gasteiger partial charge in [0.25, 0.3) is 0 Å². The second kappa shape index (κ2) is 8.26. The third-order valence-electron chi connectivity index (χ3n) is 5.67. The number of rotatable bonds is 5. The average Bonchev–Trinajstić information content (AvgIpc) is 3.39. The van der Waals surface area contributed by atoms with Crippen LogP contribution in [0.3, 0.4) is 0 Å². The summed E-state index contributed by atoms with van der Waals surface area (Å²) in [6, 6.07) is 0. The smallest absolute Gasteiger partial charge is 0.233 e. The highest BCUT2D eigenvalue weighted by atomic mass is 127. The van der Waals surface area contributed by atoms with Gasteiger partial charge in [-0.15, -0.1) is 35.3 Å². The van der Waals surface area contributed by atoms with Crippen molar-refractivity contribution >= 4 is 53.1 Å². The first-order chi connectivity index (χ1) is 12.6. The van der Waals surface area contributed by atoms with Gasteiger partial charge in [0, 0.05) is 25.0 Å². The maximum absolute atomic E-state index is 12.6. The lowest BCUT2D eigenvalue weighted by molar-refractivity contribution is -0.140. The van der Waals surface area contributed by atoms with Crippen LogP contribution in [0.5, 0.6) is 0 Å². The molecule has 1 aromatic heterocycles. The van der Waals surface area contributed by atoms with E-state index < -0.39 is 0 Å². The molecular weight excluding hydrogens is 477 g/mol. The molecule has 2 bridgehead atoms. The predicted octanol–water partition coefficient (Wildman–Crippen LogP) is 1.54. The maximum Gasteiger partial charge on any atom is 0.233 e. The summed E-state index contributed by atoms with van der Waals surface area (Å²) in [5.74, 6) is 0.934. The summed E-state index contributed by atoms with van der Waals surface area (Å²) in [5, 5.41) is 6.42. The second-order valence-electron chi connectivity index (χ2n) is 7.04. The van der Waals surface area contributed by atoms with Gasteiger partial charge in [0.05, 0.1) is 29.6 Å². The highest BCUT2D eigenvalue weighted by Gasteiger charge is 2.58. The first kappa shape index (κ1) is 20.2. The number of thiazole rings is 1. The van der Waals surface area contributed by atoms with E-state index in [1.807, 2.05) is 12.4 Å². The predicted molar refractivity (Wildman–Crippen MR) is 115 cm³/mol. The van der Waals surface area contributed by atoms with Gasteiger partial charge < -0.3 is 10.6 Å². The monoisotopic (exact) mass is 501 g/mol. The lowest BCUT2D eigenvalue weighted by Gasteiger charge is -2.18. The highest BCUT2D eigenvalue weighted by Crippen LogP contribution is 2.52. The molecule has 0 radical (unpaired) electrons. The summed E-state index contributed by atoms with van der Waals surface area (Å²) in [7, 11) is 1.70. The molecule has 4 rings (SSSR count). The fraction of sp³-hybridized carbons (Fsp3) is 0.556. The van der Waals surface area contributed by atoms with E-state index >= 15 is 0 Å². The summed E-state index contributed by atoms with van der Waals surface area (Å²) in [6.45, 7) is 3.50. The lowest BCUT2D eigenvalue weighted by atomic mass is 9.85. The van der Waals surface area contributed by atoms with Crippen molar-refractivity contribution in [3.05, 3.63) is 28.2 Å². The highest BCUT2D eigenvalue weighted by molar-refractivity contribution is 14.0. The van der Waals surface area contributed by atoms with Gasteiger partial charge in [0.2, 0.25) is 11.8 Å². The van der Waals surface area contributed by atoms with Crippen LogP contribution in [0.4, 0.5) is 0 Å². The van der Waals surface area contributed by atoms with Crippen LogP contribution in [0.2, 0.25) is 0 Å². The summed E-state index contributed by atoms with van der Waals surface area (Å²) >= 11 is 1.60. The van der Waals surface area contributed by atoms with E-state index in [1.165, 1.54) is 4.90 Å². The maximum atomic E-state index is 12.6. The van der Waals surface area contributed by atoms with Gasteiger partial charge in [-0.2, -0.15) is 0 Å². The Morgan fingerprint density at radius 3 is 2.48 bits per heavy atom. The van der Waals surface area contributed by atoms with Crippen LogP contribution in [0, 0.1) is 30.6 Å². The molecule has 7 nitrogen and oxygen atoms in total. The minimum absolute atomic E-state index is 0. The molecule has 0 aromatic carbocycles. The van der Waals surface area contributed by atoms with Gasteiger partial charge in [-0.1, -0.05) is 12.2 Å². The molecule has 27 heavy (non-hydrogen) atoms. The number of fused-ring (bicyclic) bond motifs is 5. The molecule has 1 aliphatic heterocycles. The van der Waals surface area contributed by atoms with Crippen molar-refractivity contribution in [3.63, 3.8) is 0 Å². The van der Waals surface area contributed by atoms with E-state index in [1.54, 1.807) is 18.4 Å². The average molecular weight is 501 g/mol. The Labute approximate surface area is 179 Å². The Bertz CT molecular complexity index is 762. The van der Waals surface area contributed by atoms with Crippen LogP contribution in [0.25, 0.3) is 0 Å². The number of hydrogen-bond donors (Lipinski definition) is 2. The van der Waals surface area contributed by atoms with Crippen LogP contribution in [0.15, 0.2) is 22.7 Å². The summed E-state index contributed by atoms with van der Waals surface area (Å²) in [5.41, 5.74) is 2.84. The molecule has 0 spiro atoms. The van der Waals surface area contributed by atoms with Gasteiger partial charge in [-0.3, -0.25) is 19.5 Å². The van der Waals surface area contributed by atoms with E-state index in [0.717, 1.165) is 17.0 Å². The number of carbonyl (C=O) groups excluding carboxylic acids is 2. The number of likely N-dealkylation sites (tertiary alicyclic amines) is 1. The summed E-state index contributed by atoms with van der Waals surface area (Å²) < 4.78 is 0. The Morgan fingerprint density at radius 2 is 1.93 bits per heavy atom. The van der Waals surface area contributed by atoms with Gasteiger partial charge >= 0.3 is 0 Å². The minimum atomic E-state index is -0.121. The molecule has 3 aliphatic rings. The number of aromatic nitrogens is 1.